The van der Waals surface area contributed by atoms with Gasteiger partial charge in [0.2, 0.25) is 0 Å². The average Bonchev–Trinajstić information content (AvgIpc) is 2.44. The fourth-order valence-electron chi connectivity index (χ4n) is 1.99. The third-order valence-corrected chi connectivity index (χ3v) is 3.79. The largest absolute Gasteiger partial charge is 0.375 e. The van der Waals surface area contributed by atoms with Crippen molar-refractivity contribution in [2.75, 3.05) is 19.8 Å². The number of alkyl halides is 2. The molecular weight excluding hydrogens is 347 g/mol. The number of halogens is 4. The van der Waals surface area contributed by atoms with Gasteiger partial charge in [0.25, 0.3) is 6.43 Å². The van der Waals surface area contributed by atoms with Crippen molar-refractivity contribution in [3.05, 3.63) is 34.1 Å². The van der Waals surface area contributed by atoms with Gasteiger partial charge in [0.15, 0.2) is 0 Å². The number of hydrogen-bond acceptors (Lipinski definition) is 2. The molecule has 0 aromatic heterocycles. The summed E-state index contributed by atoms with van der Waals surface area (Å²) in [5.41, 5.74) is 0.859. The number of rotatable bonds is 10. The molecule has 1 N–H and O–H groups in total. The maximum Gasteiger partial charge on any atom is 0.261 e. The molecule has 21 heavy (non-hydrogen) atoms. The van der Waals surface area contributed by atoms with E-state index in [0.717, 1.165) is 23.0 Å². The summed E-state index contributed by atoms with van der Waals surface area (Å²) >= 11 is 3.40. The molecule has 0 radical (unpaired) electrons. The van der Waals surface area contributed by atoms with Crippen molar-refractivity contribution in [3.8, 4) is 0 Å². The van der Waals surface area contributed by atoms with Crippen molar-refractivity contribution in [1.82, 2.24) is 5.32 Å². The SMILES string of the molecule is CCCNC(CCOCC(F)F)Cc1cc(F)ccc1Br. The summed E-state index contributed by atoms with van der Waals surface area (Å²) in [4.78, 5) is 0. The Morgan fingerprint density at radius 1 is 1.33 bits per heavy atom. The quantitative estimate of drug-likeness (QED) is 0.626. The first-order chi connectivity index (χ1) is 10.0. The highest BCUT2D eigenvalue weighted by atomic mass is 79.9. The molecule has 1 aromatic rings. The molecule has 1 rings (SSSR count). The minimum Gasteiger partial charge on any atom is -0.375 e. The summed E-state index contributed by atoms with van der Waals surface area (Å²) in [6.07, 6.45) is -0.241. The maximum absolute atomic E-state index is 13.3. The lowest BCUT2D eigenvalue weighted by atomic mass is 10.0. The van der Waals surface area contributed by atoms with Crippen molar-refractivity contribution in [2.24, 2.45) is 0 Å². The normalized spacial score (nSPS) is 12.9. The molecular formula is C15H21BrF3NO. The molecule has 0 aliphatic heterocycles. The van der Waals surface area contributed by atoms with Crippen molar-refractivity contribution in [1.29, 1.82) is 0 Å². The van der Waals surface area contributed by atoms with Gasteiger partial charge in [0, 0.05) is 17.1 Å². The Kier molecular flexibility index (Phi) is 8.96. The first-order valence-electron chi connectivity index (χ1n) is 7.06. The molecule has 0 spiro atoms. The molecule has 1 unspecified atom stereocenters. The standard InChI is InChI=1S/C15H21BrF3NO/c1-2-6-20-13(5-7-21-10-15(18)19)9-11-8-12(17)3-4-14(11)16/h3-4,8,13,15,20H,2,5-7,9-10H2,1H3. The van der Waals surface area contributed by atoms with E-state index in [9.17, 15) is 13.2 Å². The molecule has 0 heterocycles. The minimum absolute atomic E-state index is 0.0701. The van der Waals surface area contributed by atoms with Gasteiger partial charge in [-0.3, -0.25) is 0 Å². The van der Waals surface area contributed by atoms with Gasteiger partial charge >= 0.3 is 0 Å². The molecule has 0 saturated carbocycles. The Hall–Kier alpha value is -0.590. The second kappa shape index (κ2) is 10.2. The van der Waals surface area contributed by atoms with Crippen molar-refractivity contribution in [2.45, 2.75) is 38.7 Å². The summed E-state index contributed by atoms with van der Waals surface area (Å²) in [5, 5.41) is 3.34. The van der Waals surface area contributed by atoms with Crippen LogP contribution in [0.5, 0.6) is 0 Å². The molecule has 0 amide bonds. The molecule has 0 aliphatic rings. The predicted molar refractivity (Wildman–Crippen MR) is 81.3 cm³/mol. The highest BCUT2D eigenvalue weighted by Crippen LogP contribution is 2.20. The molecule has 1 aromatic carbocycles. The van der Waals surface area contributed by atoms with Crippen molar-refractivity contribution < 1.29 is 17.9 Å². The van der Waals surface area contributed by atoms with Gasteiger partial charge in [0.1, 0.15) is 12.4 Å². The number of nitrogens with one attached hydrogen (secondary N) is 1. The zero-order chi connectivity index (χ0) is 15.7. The van der Waals surface area contributed by atoms with Crippen LogP contribution in [0.15, 0.2) is 22.7 Å². The van der Waals surface area contributed by atoms with Crippen molar-refractivity contribution in [3.63, 3.8) is 0 Å². The van der Waals surface area contributed by atoms with Gasteiger partial charge in [-0.25, -0.2) is 13.2 Å². The lowest BCUT2D eigenvalue weighted by Gasteiger charge is -2.19. The Morgan fingerprint density at radius 2 is 2.10 bits per heavy atom. The maximum atomic E-state index is 13.3. The van der Waals surface area contributed by atoms with Gasteiger partial charge in [-0.15, -0.1) is 0 Å². The number of ether oxygens (including phenoxy) is 1. The third-order valence-electron chi connectivity index (χ3n) is 3.01. The molecule has 1 atom stereocenters. The second-order valence-electron chi connectivity index (χ2n) is 4.85. The van der Waals surface area contributed by atoms with Crippen LogP contribution in [0.2, 0.25) is 0 Å². The summed E-state index contributed by atoms with van der Waals surface area (Å²) in [5.74, 6) is -0.281. The van der Waals surface area contributed by atoms with E-state index in [1.165, 1.54) is 12.1 Å². The molecule has 6 heteroatoms. The van der Waals surface area contributed by atoms with Gasteiger partial charge in [-0.2, -0.15) is 0 Å². The van der Waals surface area contributed by atoms with Crippen LogP contribution < -0.4 is 5.32 Å². The van der Waals surface area contributed by atoms with Crippen LogP contribution in [0.4, 0.5) is 13.2 Å². The Balaban J connectivity index is 2.54. The predicted octanol–water partition coefficient (Wildman–Crippen LogP) is 4.17. The molecule has 0 aliphatic carbocycles. The number of hydrogen-bond donors (Lipinski definition) is 1. The Morgan fingerprint density at radius 3 is 2.76 bits per heavy atom. The Labute approximate surface area is 132 Å². The topological polar surface area (TPSA) is 21.3 Å². The van der Waals surface area contributed by atoms with Crippen molar-refractivity contribution >= 4 is 15.9 Å². The summed E-state index contributed by atoms with van der Waals surface area (Å²) in [6, 6.07) is 4.63. The third kappa shape index (κ3) is 7.83. The lowest BCUT2D eigenvalue weighted by molar-refractivity contribution is 0.0144. The second-order valence-corrected chi connectivity index (χ2v) is 5.70. The Bertz CT molecular complexity index is 418. The van der Waals surface area contributed by atoms with Gasteiger partial charge in [0.05, 0.1) is 0 Å². The van der Waals surface area contributed by atoms with Gasteiger partial charge in [-0.05, 0) is 49.6 Å². The zero-order valence-electron chi connectivity index (χ0n) is 12.0. The summed E-state index contributed by atoms with van der Waals surface area (Å²) < 4.78 is 43.1. The van der Waals surface area contributed by atoms with E-state index in [0.29, 0.717) is 12.8 Å². The fourth-order valence-corrected chi connectivity index (χ4v) is 2.40. The smallest absolute Gasteiger partial charge is 0.261 e. The van der Waals surface area contributed by atoms with Crippen LogP contribution >= 0.6 is 15.9 Å². The van der Waals surface area contributed by atoms with Crippen LogP contribution in [0.3, 0.4) is 0 Å². The summed E-state index contributed by atoms with van der Waals surface area (Å²) in [7, 11) is 0. The zero-order valence-corrected chi connectivity index (χ0v) is 13.6. The summed E-state index contributed by atoms with van der Waals surface area (Å²) in [6.45, 7) is 2.60. The van der Waals surface area contributed by atoms with Crippen LogP contribution in [0, 0.1) is 5.82 Å². The van der Waals surface area contributed by atoms with Crippen LogP contribution in [0.25, 0.3) is 0 Å². The minimum atomic E-state index is -2.44. The first kappa shape index (κ1) is 18.5. The molecule has 0 fully saturated rings. The highest BCUT2D eigenvalue weighted by molar-refractivity contribution is 9.10. The first-order valence-corrected chi connectivity index (χ1v) is 7.85. The molecule has 120 valence electrons. The molecule has 0 saturated heterocycles. The van der Waals surface area contributed by atoms with E-state index in [-0.39, 0.29) is 18.5 Å². The van der Waals surface area contributed by atoms with Crippen LogP contribution in [-0.2, 0) is 11.2 Å². The van der Waals surface area contributed by atoms with Crippen LogP contribution in [0.1, 0.15) is 25.3 Å². The van der Waals surface area contributed by atoms with E-state index in [2.05, 4.69) is 28.2 Å². The molecule has 2 nitrogen and oxygen atoms in total. The van der Waals surface area contributed by atoms with Gasteiger partial charge < -0.3 is 10.1 Å². The van der Waals surface area contributed by atoms with Crippen LogP contribution in [-0.4, -0.2) is 32.2 Å². The van der Waals surface area contributed by atoms with E-state index in [4.69, 9.17) is 4.74 Å². The van der Waals surface area contributed by atoms with Gasteiger partial charge in [-0.1, -0.05) is 22.9 Å². The number of benzene rings is 1. The van der Waals surface area contributed by atoms with E-state index >= 15 is 0 Å². The highest BCUT2D eigenvalue weighted by Gasteiger charge is 2.12. The molecule has 0 bridgehead atoms. The lowest BCUT2D eigenvalue weighted by Crippen LogP contribution is -2.33. The van der Waals surface area contributed by atoms with E-state index < -0.39 is 13.0 Å². The fraction of sp³-hybridized carbons (Fsp3) is 0.600. The average molecular weight is 368 g/mol. The van der Waals surface area contributed by atoms with E-state index in [1.807, 2.05) is 0 Å². The monoisotopic (exact) mass is 367 g/mol. The van der Waals surface area contributed by atoms with E-state index in [1.54, 1.807) is 6.07 Å².